The van der Waals surface area contributed by atoms with Gasteiger partial charge in [-0.2, -0.15) is 25.3 Å². The van der Waals surface area contributed by atoms with Crippen LogP contribution in [0.3, 0.4) is 0 Å². The number of thiol groups is 2. The van der Waals surface area contributed by atoms with Crippen LogP contribution in [0.5, 0.6) is 5.75 Å². The predicted molar refractivity (Wildman–Crippen MR) is 285 cm³/mol. The second-order valence-corrected chi connectivity index (χ2v) is 18.4. The van der Waals surface area contributed by atoms with E-state index in [4.69, 9.17) is 17.2 Å². The number of nitrogens with two attached hydrogens (primary N) is 3. The molecule has 0 bridgehead atoms. The number of para-hydroxylation sites is 2. The van der Waals surface area contributed by atoms with E-state index in [0.29, 0.717) is 30.5 Å². The number of primary amides is 1. The van der Waals surface area contributed by atoms with Gasteiger partial charge in [0.15, 0.2) is 0 Å². The van der Waals surface area contributed by atoms with Gasteiger partial charge in [-0.1, -0.05) is 78.9 Å². The van der Waals surface area contributed by atoms with Crippen molar-refractivity contribution in [1.29, 1.82) is 0 Å². The smallest absolute Gasteiger partial charge is 0.244 e. The van der Waals surface area contributed by atoms with Gasteiger partial charge in [-0.3, -0.25) is 33.6 Å². The normalized spacial score (nSPS) is 14.1. The lowest BCUT2D eigenvalue weighted by Gasteiger charge is -2.27. The SMILES string of the molecule is NCCCC[C@H](NC(=O)[C@@H](Cc1c[nH]c2ccccc12)NC(=O)[C@H](Cc1ccc(O)cc1)NC(=O)[C@H](CS)NC(=O)[C@H](N)Cc1ccccc1)C(=O)N[C@@H](CS)C(=O)N[C@@H](Cc1c[nH]c2ccccc12)C(N)=O. The van der Waals surface area contributed by atoms with Crippen LogP contribution in [0.2, 0.25) is 0 Å². The molecule has 386 valence electrons. The van der Waals surface area contributed by atoms with Crippen LogP contribution in [-0.4, -0.2) is 117 Å². The number of aromatic amines is 2. The summed E-state index contributed by atoms with van der Waals surface area (Å²) in [6.07, 6.45) is 4.46. The molecule has 7 amide bonds. The van der Waals surface area contributed by atoms with Crippen molar-refractivity contribution < 1.29 is 38.7 Å². The number of fused-ring (bicyclic) bond motifs is 2. The molecule has 0 unspecified atom stereocenters. The van der Waals surface area contributed by atoms with E-state index in [1.165, 1.54) is 12.1 Å². The van der Waals surface area contributed by atoms with E-state index in [1.807, 2.05) is 78.9 Å². The van der Waals surface area contributed by atoms with Crippen LogP contribution in [0.15, 0.2) is 116 Å². The van der Waals surface area contributed by atoms with Gasteiger partial charge in [-0.15, -0.1) is 0 Å². The highest BCUT2D eigenvalue weighted by atomic mass is 32.1. The maximum Gasteiger partial charge on any atom is 0.244 e. The Balaban J connectivity index is 1.22. The molecule has 73 heavy (non-hydrogen) atoms. The van der Waals surface area contributed by atoms with Crippen molar-refractivity contribution in [2.45, 2.75) is 87.2 Å². The summed E-state index contributed by atoms with van der Waals surface area (Å²) in [6.45, 7) is 0.292. The van der Waals surface area contributed by atoms with Crippen LogP contribution < -0.4 is 49.1 Å². The van der Waals surface area contributed by atoms with E-state index in [0.717, 1.165) is 32.9 Å². The summed E-state index contributed by atoms with van der Waals surface area (Å²) >= 11 is 8.66. The molecule has 0 radical (unpaired) electrons. The van der Waals surface area contributed by atoms with Crippen LogP contribution >= 0.6 is 25.3 Å². The summed E-state index contributed by atoms with van der Waals surface area (Å²) in [5, 5.41) is 27.9. The molecule has 0 aliphatic rings. The Hall–Kier alpha value is -7.33. The van der Waals surface area contributed by atoms with Gasteiger partial charge in [-0.25, -0.2) is 0 Å². The summed E-state index contributed by atoms with van der Waals surface area (Å²) in [7, 11) is 0. The molecule has 7 atom stereocenters. The highest BCUT2D eigenvalue weighted by Crippen LogP contribution is 2.21. The highest BCUT2D eigenvalue weighted by Gasteiger charge is 2.34. The van der Waals surface area contributed by atoms with E-state index in [-0.39, 0.29) is 49.4 Å². The number of benzene rings is 4. The number of nitrogens with one attached hydrogen (secondary N) is 8. The van der Waals surface area contributed by atoms with Gasteiger partial charge in [0.1, 0.15) is 42.0 Å². The van der Waals surface area contributed by atoms with Crippen molar-refractivity contribution in [3.63, 3.8) is 0 Å². The Morgan fingerprint density at radius 1 is 0.493 bits per heavy atom. The first-order valence-corrected chi connectivity index (χ1v) is 25.1. The van der Waals surface area contributed by atoms with Crippen molar-refractivity contribution in [3.8, 4) is 5.75 Å². The van der Waals surface area contributed by atoms with E-state index >= 15 is 0 Å². The lowest BCUT2D eigenvalue weighted by molar-refractivity contribution is -0.135. The molecule has 0 saturated carbocycles. The van der Waals surface area contributed by atoms with Crippen LogP contribution in [0.25, 0.3) is 21.8 Å². The number of unbranched alkanes of at least 4 members (excludes halogenated alkanes) is 1. The number of rotatable bonds is 27. The minimum absolute atomic E-state index is 0.0309. The van der Waals surface area contributed by atoms with E-state index in [9.17, 15) is 38.7 Å². The third kappa shape index (κ3) is 15.6. The standard InChI is InChI=1S/C52H63N11O8S2/c53-21-9-8-16-40(48(67)63-45(29-73)51(70)59-41(46(55)65)24-32-26-56-38-14-6-4-12-35(32)38)58-50(69)43(25-33-27-57-39-15-7-5-13-36(33)39)61-49(68)42(23-31-17-19-34(64)20-18-31)60-52(71)44(28-72)62-47(66)37(54)22-30-10-2-1-3-11-30/h1-7,10-15,17-20,26-27,37,40-45,56-57,64,72-73H,8-9,16,21-25,28-29,53-54H2,(H2,55,65)(H,58,69)(H,59,70)(H,60,71)(H,61,68)(H,62,66)(H,63,67)/t37-,40+,41+,42+,43-,44+,45+/m1/s1. The van der Waals surface area contributed by atoms with E-state index < -0.39 is 83.6 Å². The maximum absolute atomic E-state index is 14.7. The summed E-state index contributed by atoms with van der Waals surface area (Å²) in [6, 6.07) is 21.3. The number of hydrogen-bond acceptors (Lipinski definition) is 12. The second kappa shape index (κ2) is 26.9. The molecular formula is C52H63N11O8S2. The summed E-state index contributed by atoms with van der Waals surface area (Å²) in [4.78, 5) is 103. The van der Waals surface area contributed by atoms with Crippen LogP contribution in [0, 0.1) is 0 Å². The number of aromatic hydroxyl groups is 1. The molecule has 0 fully saturated rings. The van der Waals surface area contributed by atoms with Gasteiger partial charge >= 0.3 is 0 Å². The lowest BCUT2D eigenvalue weighted by atomic mass is 10.0. The predicted octanol–water partition coefficient (Wildman–Crippen LogP) is 1.34. The number of hydrogen-bond donors (Lipinski definition) is 14. The van der Waals surface area contributed by atoms with E-state index in [1.54, 1.807) is 24.5 Å². The minimum atomic E-state index is -1.36. The molecule has 6 aromatic rings. The summed E-state index contributed by atoms with van der Waals surface area (Å²) in [5.41, 5.74) is 22.1. The largest absolute Gasteiger partial charge is 0.508 e. The first-order valence-electron chi connectivity index (χ1n) is 23.9. The average Bonchev–Trinajstić information content (AvgIpc) is 4.00. The van der Waals surface area contributed by atoms with Gasteiger partial charge in [0.05, 0.1) is 6.04 Å². The maximum atomic E-state index is 14.7. The van der Waals surface area contributed by atoms with Crippen LogP contribution in [0.1, 0.15) is 41.5 Å². The van der Waals surface area contributed by atoms with Crippen LogP contribution in [0.4, 0.5) is 0 Å². The van der Waals surface area contributed by atoms with Crippen molar-refractivity contribution in [2.75, 3.05) is 18.1 Å². The number of carbonyl (C=O) groups is 7. The molecule has 2 aromatic heterocycles. The third-order valence-electron chi connectivity index (χ3n) is 12.3. The monoisotopic (exact) mass is 1030 g/mol. The zero-order valence-corrected chi connectivity index (χ0v) is 41.8. The molecule has 4 aromatic carbocycles. The fraction of sp³-hybridized carbons (Fsp3) is 0.327. The molecule has 19 nitrogen and oxygen atoms in total. The number of H-pyrrole nitrogens is 2. The number of phenols is 1. The summed E-state index contributed by atoms with van der Waals surface area (Å²) in [5.74, 6) is -5.59. The Bertz CT molecular complexity index is 2840. The second-order valence-electron chi connectivity index (χ2n) is 17.7. The van der Waals surface area contributed by atoms with Crippen molar-refractivity contribution >= 4 is 88.4 Å². The fourth-order valence-electron chi connectivity index (χ4n) is 8.30. The minimum Gasteiger partial charge on any atom is -0.508 e. The molecular weight excluding hydrogens is 971 g/mol. The van der Waals surface area contributed by atoms with Gasteiger partial charge in [0.25, 0.3) is 0 Å². The van der Waals surface area contributed by atoms with Crippen molar-refractivity contribution in [1.82, 2.24) is 41.9 Å². The number of aromatic nitrogens is 2. The van der Waals surface area contributed by atoms with Crippen LogP contribution in [-0.2, 0) is 59.2 Å². The van der Waals surface area contributed by atoms with Gasteiger partial charge < -0.3 is 64.2 Å². The highest BCUT2D eigenvalue weighted by molar-refractivity contribution is 7.80. The Labute approximate surface area is 433 Å². The van der Waals surface area contributed by atoms with E-state index in [2.05, 4.69) is 67.1 Å². The summed E-state index contributed by atoms with van der Waals surface area (Å²) < 4.78 is 0. The Kier molecular flexibility index (Phi) is 20.3. The third-order valence-corrected chi connectivity index (χ3v) is 13.1. The topological polar surface area (TPSA) is 322 Å². The fourth-order valence-corrected chi connectivity index (χ4v) is 8.81. The number of amides is 7. The molecule has 15 N–H and O–H groups in total. The van der Waals surface area contributed by atoms with Gasteiger partial charge in [-0.05, 0) is 78.7 Å². The Morgan fingerprint density at radius 2 is 0.918 bits per heavy atom. The zero-order chi connectivity index (χ0) is 52.4. The zero-order valence-electron chi connectivity index (χ0n) is 40.0. The number of phenolic OH excluding ortho intramolecular Hbond substituents is 1. The molecule has 0 spiro atoms. The molecule has 2 heterocycles. The average molecular weight is 1030 g/mol. The molecule has 6 rings (SSSR count). The van der Waals surface area contributed by atoms with Crippen molar-refractivity contribution in [3.05, 3.63) is 138 Å². The Morgan fingerprint density at radius 3 is 1.45 bits per heavy atom. The number of carbonyl (C=O) groups excluding carboxylic acids is 7. The molecule has 0 saturated heterocycles. The van der Waals surface area contributed by atoms with Gasteiger partial charge in [0, 0.05) is 65.0 Å². The first kappa shape index (κ1) is 55.0. The molecule has 21 heteroatoms. The molecule has 0 aliphatic heterocycles. The lowest BCUT2D eigenvalue weighted by Crippen LogP contribution is -2.61. The molecule has 0 aliphatic carbocycles. The first-order chi connectivity index (χ1) is 35.2. The van der Waals surface area contributed by atoms with Gasteiger partial charge in [0.2, 0.25) is 41.4 Å². The quantitative estimate of drug-likeness (QED) is 0.0259. The van der Waals surface area contributed by atoms with Crippen molar-refractivity contribution in [2.24, 2.45) is 17.2 Å².